The van der Waals surface area contributed by atoms with Crippen LogP contribution >= 0.6 is 11.6 Å². The number of benzene rings is 2. The second-order valence-corrected chi connectivity index (χ2v) is 5.54. The third-order valence-electron chi connectivity index (χ3n) is 3.33. The van der Waals surface area contributed by atoms with Gasteiger partial charge in [0, 0.05) is 17.3 Å². The molecule has 0 spiro atoms. The molecule has 0 heterocycles. The van der Waals surface area contributed by atoms with E-state index in [0.717, 1.165) is 33.3 Å². The lowest BCUT2D eigenvalue weighted by atomic mass is 10.2. The van der Waals surface area contributed by atoms with E-state index in [-0.39, 0.29) is 0 Å². The number of hydrogen-bond acceptors (Lipinski definition) is 3. The van der Waals surface area contributed by atoms with Crippen molar-refractivity contribution in [2.45, 2.75) is 20.4 Å². The molecule has 23 heavy (non-hydrogen) atoms. The molecule has 0 saturated carbocycles. The smallest absolute Gasteiger partial charge is 0.161 e. The van der Waals surface area contributed by atoms with Crippen LogP contribution in [0.3, 0.4) is 0 Å². The maximum Gasteiger partial charge on any atom is 0.161 e. The van der Waals surface area contributed by atoms with Crippen LogP contribution in [0, 0.1) is 6.92 Å². The highest BCUT2D eigenvalue weighted by Gasteiger charge is 2.06. The van der Waals surface area contributed by atoms with E-state index in [1.807, 2.05) is 50.2 Å². The Morgan fingerprint density at radius 3 is 2.65 bits per heavy atom. The van der Waals surface area contributed by atoms with E-state index in [4.69, 9.17) is 21.1 Å². The standard InChI is InChI=1S/C19H22ClNO2/c1-4-10-23-18-9-7-15(11-19(18)22-5-2)13-21-16-8-6-14(3)17(20)12-16/h4,6-9,11-12,21H,1,5,10,13H2,2-3H3. The molecule has 0 radical (unpaired) electrons. The fourth-order valence-electron chi connectivity index (χ4n) is 2.11. The lowest BCUT2D eigenvalue weighted by molar-refractivity contribution is 0.296. The monoisotopic (exact) mass is 331 g/mol. The Hall–Kier alpha value is -2.13. The first-order chi connectivity index (χ1) is 11.1. The predicted molar refractivity (Wildman–Crippen MR) is 96.8 cm³/mol. The zero-order valence-electron chi connectivity index (χ0n) is 13.6. The molecule has 0 aliphatic heterocycles. The lowest BCUT2D eigenvalue weighted by Gasteiger charge is -2.13. The summed E-state index contributed by atoms with van der Waals surface area (Å²) in [6, 6.07) is 11.9. The molecule has 0 aliphatic carbocycles. The van der Waals surface area contributed by atoms with Crippen LogP contribution in [-0.4, -0.2) is 13.2 Å². The molecular weight excluding hydrogens is 310 g/mol. The van der Waals surface area contributed by atoms with Crippen LogP contribution in [0.25, 0.3) is 0 Å². The van der Waals surface area contributed by atoms with Gasteiger partial charge in [0.2, 0.25) is 0 Å². The van der Waals surface area contributed by atoms with Gasteiger partial charge in [0.05, 0.1) is 6.61 Å². The molecule has 0 atom stereocenters. The number of rotatable bonds is 8. The van der Waals surface area contributed by atoms with Crippen molar-refractivity contribution in [2.75, 3.05) is 18.5 Å². The van der Waals surface area contributed by atoms with Crippen molar-refractivity contribution in [3.05, 3.63) is 65.2 Å². The molecular formula is C19H22ClNO2. The van der Waals surface area contributed by atoms with E-state index in [1.54, 1.807) is 6.08 Å². The van der Waals surface area contributed by atoms with E-state index in [9.17, 15) is 0 Å². The second-order valence-electron chi connectivity index (χ2n) is 5.13. The minimum absolute atomic E-state index is 0.458. The van der Waals surface area contributed by atoms with Gasteiger partial charge in [0.25, 0.3) is 0 Å². The Kier molecular flexibility index (Phi) is 6.36. The predicted octanol–water partition coefficient (Wildman–Crippen LogP) is 5.22. The van der Waals surface area contributed by atoms with Crippen molar-refractivity contribution >= 4 is 17.3 Å². The van der Waals surface area contributed by atoms with Gasteiger partial charge in [-0.2, -0.15) is 0 Å². The SMILES string of the molecule is C=CCOc1ccc(CNc2ccc(C)c(Cl)c2)cc1OCC. The van der Waals surface area contributed by atoms with E-state index in [2.05, 4.69) is 11.9 Å². The highest BCUT2D eigenvalue weighted by Crippen LogP contribution is 2.29. The molecule has 0 aliphatic rings. The molecule has 3 nitrogen and oxygen atoms in total. The van der Waals surface area contributed by atoms with E-state index in [1.165, 1.54) is 0 Å². The fourth-order valence-corrected chi connectivity index (χ4v) is 2.29. The summed E-state index contributed by atoms with van der Waals surface area (Å²) in [5, 5.41) is 4.13. The zero-order chi connectivity index (χ0) is 16.7. The minimum atomic E-state index is 0.458. The molecule has 2 aromatic rings. The minimum Gasteiger partial charge on any atom is -0.490 e. The van der Waals surface area contributed by atoms with Gasteiger partial charge < -0.3 is 14.8 Å². The van der Waals surface area contributed by atoms with Gasteiger partial charge in [-0.15, -0.1) is 0 Å². The summed E-state index contributed by atoms with van der Waals surface area (Å²) in [7, 11) is 0. The number of nitrogens with one attached hydrogen (secondary N) is 1. The van der Waals surface area contributed by atoms with Crippen LogP contribution in [0.5, 0.6) is 11.5 Å². The molecule has 2 rings (SSSR count). The van der Waals surface area contributed by atoms with Crippen molar-refractivity contribution in [3.63, 3.8) is 0 Å². The van der Waals surface area contributed by atoms with Crippen LogP contribution in [0.4, 0.5) is 5.69 Å². The van der Waals surface area contributed by atoms with Crippen molar-refractivity contribution in [1.82, 2.24) is 0 Å². The van der Waals surface area contributed by atoms with Crippen molar-refractivity contribution in [3.8, 4) is 11.5 Å². The first kappa shape index (κ1) is 17.2. The number of ether oxygens (including phenoxy) is 2. The first-order valence-corrected chi connectivity index (χ1v) is 8.01. The topological polar surface area (TPSA) is 30.5 Å². The van der Waals surface area contributed by atoms with Gasteiger partial charge in [0.15, 0.2) is 11.5 Å². The number of anilines is 1. The highest BCUT2D eigenvalue weighted by atomic mass is 35.5. The number of hydrogen-bond donors (Lipinski definition) is 1. The highest BCUT2D eigenvalue weighted by molar-refractivity contribution is 6.31. The van der Waals surface area contributed by atoms with Crippen molar-refractivity contribution in [2.24, 2.45) is 0 Å². The molecule has 0 bridgehead atoms. The Labute approximate surface area is 142 Å². The molecule has 0 unspecified atom stereocenters. The van der Waals surface area contributed by atoms with Gasteiger partial charge >= 0.3 is 0 Å². The van der Waals surface area contributed by atoms with Gasteiger partial charge in [-0.1, -0.05) is 36.4 Å². The van der Waals surface area contributed by atoms with Crippen molar-refractivity contribution < 1.29 is 9.47 Å². The van der Waals surface area contributed by atoms with E-state index < -0.39 is 0 Å². The molecule has 1 N–H and O–H groups in total. The molecule has 0 fully saturated rings. The van der Waals surface area contributed by atoms with Crippen LogP contribution < -0.4 is 14.8 Å². The molecule has 0 saturated heterocycles. The number of aryl methyl sites for hydroxylation is 1. The molecule has 2 aromatic carbocycles. The van der Waals surface area contributed by atoms with Gasteiger partial charge in [-0.3, -0.25) is 0 Å². The quantitative estimate of drug-likeness (QED) is 0.672. The van der Waals surface area contributed by atoms with E-state index in [0.29, 0.717) is 19.8 Å². The fraction of sp³-hybridized carbons (Fsp3) is 0.263. The Morgan fingerprint density at radius 1 is 1.13 bits per heavy atom. The number of halogens is 1. The molecule has 122 valence electrons. The maximum absolute atomic E-state index is 6.15. The summed E-state index contributed by atoms with van der Waals surface area (Å²) in [6.45, 7) is 9.33. The Morgan fingerprint density at radius 2 is 1.96 bits per heavy atom. The second kappa shape index (κ2) is 8.49. The van der Waals surface area contributed by atoms with Crippen LogP contribution in [0.1, 0.15) is 18.1 Å². The maximum atomic E-state index is 6.15. The molecule has 0 amide bonds. The largest absolute Gasteiger partial charge is 0.490 e. The summed E-state index contributed by atoms with van der Waals surface area (Å²) in [5.41, 5.74) is 3.17. The summed E-state index contributed by atoms with van der Waals surface area (Å²) in [6.07, 6.45) is 1.71. The average Bonchev–Trinajstić information content (AvgIpc) is 2.55. The van der Waals surface area contributed by atoms with Crippen molar-refractivity contribution in [1.29, 1.82) is 0 Å². The summed E-state index contributed by atoms with van der Waals surface area (Å²) in [4.78, 5) is 0. The van der Waals surface area contributed by atoms with Gasteiger partial charge in [0.1, 0.15) is 6.61 Å². The van der Waals surface area contributed by atoms with Crippen LogP contribution in [-0.2, 0) is 6.54 Å². The summed E-state index contributed by atoms with van der Waals surface area (Å²) < 4.78 is 11.3. The molecule has 0 aromatic heterocycles. The van der Waals surface area contributed by atoms with E-state index >= 15 is 0 Å². The summed E-state index contributed by atoms with van der Waals surface area (Å²) >= 11 is 6.15. The zero-order valence-corrected chi connectivity index (χ0v) is 14.3. The first-order valence-electron chi connectivity index (χ1n) is 7.63. The Balaban J connectivity index is 2.08. The normalized spacial score (nSPS) is 10.2. The van der Waals surface area contributed by atoms with Gasteiger partial charge in [-0.25, -0.2) is 0 Å². The molecule has 4 heteroatoms. The summed E-state index contributed by atoms with van der Waals surface area (Å²) in [5.74, 6) is 1.48. The van der Waals surface area contributed by atoms with Gasteiger partial charge in [-0.05, 0) is 49.2 Å². The lowest BCUT2D eigenvalue weighted by Crippen LogP contribution is -2.03. The third-order valence-corrected chi connectivity index (χ3v) is 3.74. The average molecular weight is 332 g/mol. The van der Waals surface area contributed by atoms with Crippen LogP contribution in [0.15, 0.2) is 49.1 Å². The Bertz CT molecular complexity index is 670. The van der Waals surface area contributed by atoms with Crippen LogP contribution in [0.2, 0.25) is 5.02 Å². The third kappa shape index (κ3) is 4.93.